The fraction of sp³-hybridized carbons (Fsp3) is 0.357. The summed E-state index contributed by atoms with van der Waals surface area (Å²) in [6.45, 7) is 2.18. The van der Waals surface area contributed by atoms with Crippen molar-refractivity contribution in [1.82, 2.24) is 19.5 Å². The quantitative estimate of drug-likeness (QED) is 0.825. The molecule has 1 aliphatic rings. The van der Waals surface area contributed by atoms with Crippen molar-refractivity contribution in [3.8, 4) is 11.4 Å². The van der Waals surface area contributed by atoms with Gasteiger partial charge in [0.2, 0.25) is 10.0 Å². The zero-order chi connectivity index (χ0) is 15.6. The van der Waals surface area contributed by atoms with Crippen LogP contribution in [0.4, 0.5) is 5.82 Å². The fourth-order valence-electron chi connectivity index (χ4n) is 2.39. The summed E-state index contributed by atoms with van der Waals surface area (Å²) < 4.78 is 24.5. The molecule has 7 nitrogen and oxygen atoms in total. The number of anilines is 1. The van der Waals surface area contributed by atoms with Gasteiger partial charge in [-0.3, -0.25) is 4.98 Å². The number of sulfonamides is 1. The van der Waals surface area contributed by atoms with Crippen LogP contribution in [-0.4, -0.2) is 60.3 Å². The Morgan fingerprint density at radius 1 is 0.955 bits per heavy atom. The maximum Gasteiger partial charge on any atom is 0.211 e. The van der Waals surface area contributed by atoms with Gasteiger partial charge in [-0.15, -0.1) is 10.2 Å². The zero-order valence-electron chi connectivity index (χ0n) is 12.3. The summed E-state index contributed by atoms with van der Waals surface area (Å²) in [4.78, 5) is 6.28. The molecule has 3 heterocycles. The Balaban J connectivity index is 1.70. The lowest BCUT2D eigenvalue weighted by molar-refractivity contribution is 0.386. The molecule has 0 spiro atoms. The molecule has 0 amide bonds. The van der Waals surface area contributed by atoms with Crippen molar-refractivity contribution >= 4 is 15.8 Å². The van der Waals surface area contributed by atoms with Gasteiger partial charge in [0.15, 0.2) is 5.82 Å². The molecular weight excluding hydrogens is 302 g/mol. The minimum atomic E-state index is -3.11. The first-order valence-electron chi connectivity index (χ1n) is 6.99. The highest BCUT2D eigenvalue weighted by Crippen LogP contribution is 2.18. The first-order chi connectivity index (χ1) is 10.5. The molecule has 0 aromatic carbocycles. The van der Waals surface area contributed by atoms with Crippen LogP contribution in [0.1, 0.15) is 0 Å². The lowest BCUT2D eigenvalue weighted by Crippen LogP contribution is -2.48. The van der Waals surface area contributed by atoms with E-state index in [1.165, 1.54) is 10.6 Å². The second-order valence-corrected chi connectivity index (χ2v) is 7.12. The molecule has 0 N–H and O–H groups in total. The van der Waals surface area contributed by atoms with Crippen LogP contribution in [0.25, 0.3) is 11.4 Å². The van der Waals surface area contributed by atoms with Crippen LogP contribution in [0.3, 0.4) is 0 Å². The van der Waals surface area contributed by atoms with Crippen LogP contribution in [0.2, 0.25) is 0 Å². The predicted molar refractivity (Wildman–Crippen MR) is 83.9 cm³/mol. The molecule has 1 aliphatic heterocycles. The number of hydrogen-bond donors (Lipinski definition) is 0. The summed E-state index contributed by atoms with van der Waals surface area (Å²) in [6, 6.07) is 9.42. The smallest absolute Gasteiger partial charge is 0.211 e. The van der Waals surface area contributed by atoms with E-state index >= 15 is 0 Å². The van der Waals surface area contributed by atoms with E-state index in [9.17, 15) is 8.42 Å². The second-order valence-electron chi connectivity index (χ2n) is 5.14. The summed E-state index contributed by atoms with van der Waals surface area (Å²) in [5.41, 5.74) is 1.50. The maximum atomic E-state index is 11.5. The minimum Gasteiger partial charge on any atom is -0.352 e. The molecule has 8 heteroatoms. The van der Waals surface area contributed by atoms with Crippen LogP contribution in [0.15, 0.2) is 36.5 Å². The largest absolute Gasteiger partial charge is 0.352 e. The third-order valence-corrected chi connectivity index (χ3v) is 4.91. The Morgan fingerprint density at radius 2 is 1.73 bits per heavy atom. The van der Waals surface area contributed by atoms with E-state index in [4.69, 9.17) is 0 Å². The normalized spacial score (nSPS) is 16.7. The molecule has 0 saturated carbocycles. The van der Waals surface area contributed by atoms with Crippen LogP contribution in [-0.2, 0) is 10.0 Å². The summed E-state index contributed by atoms with van der Waals surface area (Å²) >= 11 is 0. The van der Waals surface area contributed by atoms with Gasteiger partial charge in [-0.1, -0.05) is 6.07 Å². The topological polar surface area (TPSA) is 79.3 Å². The van der Waals surface area contributed by atoms with Gasteiger partial charge >= 0.3 is 0 Å². The van der Waals surface area contributed by atoms with Gasteiger partial charge in [0.05, 0.1) is 11.9 Å². The summed E-state index contributed by atoms with van der Waals surface area (Å²) in [5.74, 6) is 0.757. The Bertz CT molecular complexity index is 726. The van der Waals surface area contributed by atoms with Crippen LogP contribution in [0, 0.1) is 0 Å². The lowest BCUT2D eigenvalue weighted by Gasteiger charge is -2.33. The first kappa shape index (κ1) is 14.9. The monoisotopic (exact) mass is 319 g/mol. The van der Waals surface area contributed by atoms with E-state index < -0.39 is 10.0 Å². The maximum absolute atomic E-state index is 11.5. The van der Waals surface area contributed by atoms with Crippen molar-refractivity contribution in [3.63, 3.8) is 0 Å². The van der Waals surface area contributed by atoms with Crippen molar-refractivity contribution < 1.29 is 8.42 Å². The van der Waals surface area contributed by atoms with Gasteiger partial charge < -0.3 is 4.90 Å². The molecule has 2 aromatic heterocycles. The molecule has 1 saturated heterocycles. The van der Waals surface area contributed by atoms with E-state index in [1.807, 2.05) is 35.2 Å². The number of aromatic nitrogens is 3. The third kappa shape index (κ3) is 3.23. The highest BCUT2D eigenvalue weighted by atomic mass is 32.2. The van der Waals surface area contributed by atoms with E-state index in [0.29, 0.717) is 26.2 Å². The van der Waals surface area contributed by atoms with Crippen LogP contribution in [0.5, 0.6) is 0 Å². The highest BCUT2D eigenvalue weighted by Gasteiger charge is 2.24. The number of piperazine rings is 1. The van der Waals surface area contributed by atoms with Gasteiger partial charge in [0, 0.05) is 32.4 Å². The number of hydrogen-bond acceptors (Lipinski definition) is 6. The van der Waals surface area contributed by atoms with Crippen molar-refractivity contribution in [2.45, 2.75) is 0 Å². The van der Waals surface area contributed by atoms with E-state index in [-0.39, 0.29) is 0 Å². The first-order valence-corrected chi connectivity index (χ1v) is 8.84. The van der Waals surface area contributed by atoms with E-state index in [2.05, 4.69) is 15.2 Å². The van der Waals surface area contributed by atoms with Gasteiger partial charge in [0.1, 0.15) is 5.69 Å². The molecule has 0 atom stereocenters. The number of pyridine rings is 1. The molecule has 0 bridgehead atoms. The van der Waals surface area contributed by atoms with Crippen LogP contribution >= 0.6 is 0 Å². The van der Waals surface area contributed by atoms with Gasteiger partial charge in [-0.25, -0.2) is 8.42 Å². The van der Waals surface area contributed by atoms with Gasteiger partial charge in [-0.2, -0.15) is 4.31 Å². The summed E-state index contributed by atoms with van der Waals surface area (Å²) in [7, 11) is -3.11. The van der Waals surface area contributed by atoms with Gasteiger partial charge in [-0.05, 0) is 24.3 Å². The molecule has 0 unspecified atom stereocenters. The summed E-state index contributed by atoms with van der Waals surface area (Å²) in [5, 5.41) is 8.44. The third-order valence-electron chi connectivity index (χ3n) is 3.61. The molecule has 0 aliphatic carbocycles. The van der Waals surface area contributed by atoms with Crippen molar-refractivity contribution in [3.05, 3.63) is 36.5 Å². The van der Waals surface area contributed by atoms with Crippen molar-refractivity contribution in [2.75, 3.05) is 37.3 Å². The Kier molecular flexibility index (Phi) is 4.04. The van der Waals surface area contributed by atoms with Crippen LogP contribution < -0.4 is 4.90 Å². The fourth-order valence-corrected chi connectivity index (χ4v) is 3.22. The molecular formula is C14H17N5O2S. The summed E-state index contributed by atoms with van der Waals surface area (Å²) in [6.07, 6.45) is 2.96. The van der Waals surface area contributed by atoms with E-state index in [1.54, 1.807) is 6.20 Å². The molecule has 22 heavy (non-hydrogen) atoms. The Morgan fingerprint density at radius 3 is 2.27 bits per heavy atom. The minimum absolute atomic E-state index is 0.475. The van der Waals surface area contributed by atoms with Crippen molar-refractivity contribution in [2.24, 2.45) is 0 Å². The SMILES string of the molecule is CS(=O)(=O)N1CCN(c2ccc(-c3ccccn3)nn2)CC1. The lowest BCUT2D eigenvalue weighted by atomic mass is 10.2. The molecule has 3 rings (SSSR count). The Hall–Kier alpha value is -2.06. The average Bonchev–Trinajstić information content (AvgIpc) is 2.55. The number of rotatable bonds is 3. The predicted octanol–water partition coefficient (Wildman–Crippen LogP) is 0.620. The molecule has 0 radical (unpaired) electrons. The second kappa shape index (κ2) is 5.98. The van der Waals surface area contributed by atoms with E-state index in [0.717, 1.165) is 17.2 Å². The van der Waals surface area contributed by atoms with Crippen molar-refractivity contribution in [1.29, 1.82) is 0 Å². The zero-order valence-corrected chi connectivity index (χ0v) is 13.1. The number of nitrogens with zero attached hydrogens (tertiary/aromatic N) is 5. The molecule has 116 valence electrons. The standard InChI is InChI=1S/C14H17N5O2S/c1-22(20,21)19-10-8-18(9-11-19)14-6-5-13(16-17-14)12-4-2-3-7-15-12/h2-7H,8-11H2,1H3. The average molecular weight is 319 g/mol. The highest BCUT2D eigenvalue weighted by molar-refractivity contribution is 7.88. The molecule has 1 fully saturated rings. The van der Waals surface area contributed by atoms with Gasteiger partial charge in [0.25, 0.3) is 0 Å². The molecule has 2 aromatic rings. The Labute approximate surface area is 129 Å².